The van der Waals surface area contributed by atoms with Gasteiger partial charge in [0.1, 0.15) is 5.82 Å². The molecular formula is C27H34ClF2N5. The van der Waals surface area contributed by atoms with Crippen molar-refractivity contribution < 1.29 is 8.78 Å². The topological polar surface area (TPSA) is 46.0 Å². The van der Waals surface area contributed by atoms with Gasteiger partial charge in [-0.3, -0.25) is 9.58 Å². The maximum Gasteiger partial charge on any atom is 0.168 e. The minimum atomic E-state index is -0.352. The van der Waals surface area contributed by atoms with Gasteiger partial charge in [-0.1, -0.05) is 23.7 Å². The number of hydrogen-bond donors (Lipinski definition) is 1. The van der Waals surface area contributed by atoms with E-state index in [0.29, 0.717) is 29.4 Å². The molecule has 2 aromatic heterocycles. The number of rotatable bonds is 6. The van der Waals surface area contributed by atoms with Crippen LogP contribution in [0.2, 0.25) is 5.02 Å². The Morgan fingerprint density at radius 3 is 2.46 bits per heavy atom. The number of piperidine rings is 1. The van der Waals surface area contributed by atoms with Crippen LogP contribution in [0.3, 0.4) is 0 Å². The first-order valence-corrected chi connectivity index (χ1v) is 12.5. The molecule has 0 bridgehead atoms. The number of hydrogen-bond acceptors (Lipinski definition) is 4. The van der Waals surface area contributed by atoms with Crippen LogP contribution in [0.1, 0.15) is 56.1 Å². The first kappa shape index (κ1) is 25.6. The lowest BCUT2D eigenvalue weighted by atomic mass is 9.91. The third kappa shape index (κ3) is 6.01. The van der Waals surface area contributed by atoms with Crippen LogP contribution in [-0.2, 0) is 18.5 Å². The van der Waals surface area contributed by atoms with Crippen molar-refractivity contribution in [3.05, 3.63) is 69.5 Å². The molecule has 1 fully saturated rings. The predicted molar refractivity (Wildman–Crippen MR) is 137 cm³/mol. The van der Waals surface area contributed by atoms with Crippen LogP contribution in [-0.4, -0.2) is 32.8 Å². The number of likely N-dealkylation sites (tertiary alicyclic amines) is 1. The normalized spacial score (nSPS) is 15.5. The van der Waals surface area contributed by atoms with Gasteiger partial charge in [0.15, 0.2) is 17.5 Å². The van der Waals surface area contributed by atoms with Crippen LogP contribution >= 0.6 is 11.6 Å². The summed E-state index contributed by atoms with van der Waals surface area (Å²) >= 11 is 5.92. The zero-order valence-corrected chi connectivity index (χ0v) is 21.9. The number of pyridine rings is 1. The van der Waals surface area contributed by atoms with Crippen molar-refractivity contribution in [2.45, 2.75) is 66.0 Å². The molecule has 0 saturated carbocycles. The molecule has 1 aromatic carbocycles. The SMILES string of the molecule is Cc1cc(CC2CCN(Cc3cccc(Cl)c3F)CC2)nc(Nc2cc(C)n(C(C)(C)C)n2)c1F. The van der Waals surface area contributed by atoms with E-state index in [2.05, 4.69) is 41.1 Å². The summed E-state index contributed by atoms with van der Waals surface area (Å²) in [5.41, 5.74) is 2.90. The van der Waals surface area contributed by atoms with Gasteiger partial charge in [0.2, 0.25) is 0 Å². The van der Waals surface area contributed by atoms with Crippen molar-refractivity contribution in [3.8, 4) is 0 Å². The average molecular weight is 502 g/mol. The van der Waals surface area contributed by atoms with Crippen molar-refractivity contribution in [1.82, 2.24) is 19.7 Å². The summed E-state index contributed by atoms with van der Waals surface area (Å²) in [6.45, 7) is 12.3. The number of halogens is 3. The Labute approximate surface area is 211 Å². The lowest BCUT2D eigenvalue weighted by Crippen LogP contribution is -2.34. The molecule has 188 valence electrons. The van der Waals surface area contributed by atoms with Gasteiger partial charge in [-0.05, 0) is 90.6 Å². The second-order valence-corrected chi connectivity index (χ2v) is 11.0. The fraction of sp³-hybridized carbons (Fsp3) is 0.481. The smallest absolute Gasteiger partial charge is 0.168 e. The molecule has 0 radical (unpaired) electrons. The van der Waals surface area contributed by atoms with Crippen LogP contribution in [0.5, 0.6) is 0 Å². The lowest BCUT2D eigenvalue weighted by molar-refractivity contribution is 0.175. The van der Waals surface area contributed by atoms with Crippen LogP contribution in [0, 0.1) is 31.4 Å². The molecule has 0 atom stereocenters. The molecular weight excluding hydrogens is 468 g/mol. The Balaban J connectivity index is 1.40. The van der Waals surface area contributed by atoms with Gasteiger partial charge in [-0.2, -0.15) is 5.10 Å². The van der Waals surface area contributed by atoms with Crippen molar-refractivity contribution in [1.29, 1.82) is 0 Å². The van der Waals surface area contributed by atoms with Gasteiger partial charge < -0.3 is 5.32 Å². The van der Waals surface area contributed by atoms with E-state index >= 15 is 0 Å². The summed E-state index contributed by atoms with van der Waals surface area (Å²) in [5, 5.41) is 7.87. The Morgan fingerprint density at radius 2 is 1.80 bits per heavy atom. The van der Waals surface area contributed by atoms with E-state index in [-0.39, 0.29) is 28.0 Å². The highest BCUT2D eigenvalue weighted by Gasteiger charge is 2.23. The Morgan fingerprint density at radius 1 is 1.09 bits per heavy atom. The van der Waals surface area contributed by atoms with Crippen LogP contribution in [0.15, 0.2) is 30.3 Å². The van der Waals surface area contributed by atoms with Gasteiger partial charge in [0.05, 0.1) is 10.6 Å². The predicted octanol–water partition coefficient (Wildman–Crippen LogP) is 6.78. The monoisotopic (exact) mass is 501 g/mol. The van der Waals surface area contributed by atoms with Crippen molar-refractivity contribution >= 4 is 23.2 Å². The van der Waals surface area contributed by atoms with Crippen molar-refractivity contribution in [2.24, 2.45) is 5.92 Å². The van der Waals surface area contributed by atoms with E-state index in [1.54, 1.807) is 25.1 Å². The van der Waals surface area contributed by atoms with Crippen molar-refractivity contribution in [3.63, 3.8) is 0 Å². The quantitative estimate of drug-likeness (QED) is 0.404. The molecule has 0 amide bonds. The first-order chi connectivity index (χ1) is 16.5. The van der Waals surface area contributed by atoms with Gasteiger partial charge in [0, 0.05) is 29.6 Å². The number of nitrogens with zero attached hydrogens (tertiary/aromatic N) is 4. The standard InChI is InChI=1S/C27H34ClF2N5/c1-17-13-21(31-26(24(17)29)32-23-14-18(2)35(33-23)27(3,4)5)15-19-9-11-34(12-10-19)16-20-7-6-8-22(28)25(20)30/h6-8,13-14,19H,9-12,15-16H2,1-5H3,(H,31,32,33). The van der Waals surface area contributed by atoms with E-state index in [1.807, 2.05) is 23.7 Å². The number of benzene rings is 1. The minimum absolute atomic E-state index is 0.166. The highest BCUT2D eigenvalue weighted by atomic mass is 35.5. The molecule has 1 N–H and O–H groups in total. The molecule has 5 nitrogen and oxygen atoms in total. The number of nitrogens with one attached hydrogen (secondary N) is 1. The fourth-order valence-electron chi connectivity index (χ4n) is 4.80. The van der Waals surface area contributed by atoms with E-state index in [4.69, 9.17) is 11.6 Å². The largest absolute Gasteiger partial charge is 0.321 e. The number of aromatic nitrogens is 3. The second kappa shape index (κ2) is 10.2. The van der Waals surface area contributed by atoms with Crippen LogP contribution in [0.4, 0.5) is 20.4 Å². The summed E-state index contributed by atoms with van der Waals surface area (Å²) in [5.74, 6) is 0.567. The molecule has 0 unspecified atom stereocenters. The molecule has 4 rings (SSSR count). The fourth-order valence-corrected chi connectivity index (χ4v) is 5.00. The second-order valence-electron chi connectivity index (χ2n) is 10.6. The van der Waals surface area contributed by atoms with E-state index in [0.717, 1.165) is 43.7 Å². The van der Waals surface area contributed by atoms with E-state index < -0.39 is 0 Å². The summed E-state index contributed by atoms with van der Waals surface area (Å²) < 4.78 is 31.1. The maximum atomic E-state index is 14.9. The van der Waals surface area contributed by atoms with E-state index in [9.17, 15) is 8.78 Å². The van der Waals surface area contributed by atoms with Crippen LogP contribution < -0.4 is 5.32 Å². The van der Waals surface area contributed by atoms with Gasteiger partial charge >= 0.3 is 0 Å². The van der Waals surface area contributed by atoms with Gasteiger partial charge in [-0.15, -0.1) is 0 Å². The Kier molecular flexibility index (Phi) is 7.48. The minimum Gasteiger partial charge on any atom is -0.321 e. The highest BCUT2D eigenvalue weighted by Crippen LogP contribution is 2.28. The summed E-state index contributed by atoms with van der Waals surface area (Å²) in [4.78, 5) is 6.88. The first-order valence-electron chi connectivity index (χ1n) is 12.2. The third-order valence-electron chi connectivity index (χ3n) is 6.59. The summed E-state index contributed by atoms with van der Waals surface area (Å²) in [6, 6.07) is 8.90. The maximum absolute atomic E-state index is 14.9. The molecule has 0 aliphatic carbocycles. The highest BCUT2D eigenvalue weighted by molar-refractivity contribution is 6.30. The zero-order valence-electron chi connectivity index (χ0n) is 21.1. The zero-order chi connectivity index (χ0) is 25.3. The number of aryl methyl sites for hydroxylation is 2. The third-order valence-corrected chi connectivity index (χ3v) is 6.88. The summed E-state index contributed by atoms with van der Waals surface area (Å²) in [6.07, 6.45) is 2.75. The average Bonchev–Trinajstić information content (AvgIpc) is 3.17. The molecule has 8 heteroatoms. The van der Waals surface area contributed by atoms with Gasteiger partial charge in [-0.25, -0.2) is 13.8 Å². The Bertz CT molecular complexity index is 1190. The molecule has 35 heavy (non-hydrogen) atoms. The molecule has 0 spiro atoms. The molecule has 1 saturated heterocycles. The summed E-state index contributed by atoms with van der Waals surface area (Å²) in [7, 11) is 0. The lowest BCUT2D eigenvalue weighted by Gasteiger charge is -2.32. The Hall–Kier alpha value is -2.51. The molecule has 1 aliphatic heterocycles. The van der Waals surface area contributed by atoms with Gasteiger partial charge in [0.25, 0.3) is 0 Å². The molecule has 1 aliphatic rings. The van der Waals surface area contributed by atoms with E-state index in [1.165, 1.54) is 0 Å². The molecule has 3 heterocycles. The molecule has 3 aromatic rings. The van der Waals surface area contributed by atoms with Crippen molar-refractivity contribution in [2.75, 3.05) is 18.4 Å². The van der Waals surface area contributed by atoms with Crippen LogP contribution in [0.25, 0.3) is 0 Å². The number of anilines is 2.